The molecule has 1 aromatic carbocycles. The van der Waals surface area contributed by atoms with E-state index < -0.39 is 5.82 Å². The fraction of sp³-hybridized carbons (Fsp3) is 0.208. The number of carbonyl (C=O) groups excluding carboxylic acids is 1. The van der Waals surface area contributed by atoms with E-state index in [1.165, 1.54) is 18.5 Å². The highest BCUT2D eigenvalue weighted by Crippen LogP contribution is 2.36. The molecule has 2 N–H and O–H groups in total. The molecule has 0 fully saturated rings. The van der Waals surface area contributed by atoms with Gasteiger partial charge >= 0.3 is 6.01 Å². The summed E-state index contributed by atoms with van der Waals surface area (Å²) in [6, 6.07) is 6.29. The first kappa shape index (κ1) is 22.1. The minimum atomic E-state index is -0.595. The van der Waals surface area contributed by atoms with E-state index in [2.05, 4.69) is 26.5 Å². The molecule has 0 saturated heterocycles. The van der Waals surface area contributed by atoms with Gasteiger partial charge in [0.05, 0.1) is 11.3 Å². The molecule has 0 aliphatic carbocycles. The van der Waals surface area contributed by atoms with E-state index in [9.17, 15) is 9.18 Å². The summed E-state index contributed by atoms with van der Waals surface area (Å²) in [5.74, 6) is -0.450. The molecule has 168 valence electrons. The standard InChI is InChI=1S/C24H23FN6O2/c1-14(2)23(32)31-10-7-16(8-11-31)21-20(22(26)29-13-28-21)17-4-5-19(18(25)12-17)33-24-27-9-6-15(3)30-24/h4-7,9,12-13H,1,8,10-11H2,2-3H3,(H2,26,28,29). The van der Waals surface area contributed by atoms with Gasteiger partial charge in [-0.15, -0.1) is 0 Å². The Morgan fingerprint density at radius 1 is 1.24 bits per heavy atom. The summed E-state index contributed by atoms with van der Waals surface area (Å²) >= 11 is 0. The van der Waals surface area contributed by atoms with Crippen LogP contribution < -0.4 is 10.5 Å². The van der Waals surface area contributed by atoms with Crippen molar-refractivity contribution in [2.24, 2.45) is 0 Å². The fourth-order valence-electron chi connectivity index (χ4n) is 3.58. The Morgan fingerprint density at radius 3 is 2.73 bits per heavy atom. The van der Waals surface area contributed by atoms with Crippen LogP contribution in [0.25, 0.3) is 16.7 Å². The molecule has 9 heteroatoms. The number of benzene rings is 1. The van der Waals surface area contributed by atoms with Crippen molar-refractivity contribution in [2.75, 3.05) is 18.8 Å². The summed E-state index contributed by atoms with van der Waals surface area (Å²) in [5.41, 5.74) is 9.95. The number of carbonyl (C=O) groups is 1. The van der Waals surface area contributed by atoms with Crippen molar-refractivity contribution in [3.63, 3.8) is 0 Å². The number of aryl methyl sites for hydroxylation is 1. The molecule has 3 aromatic rings. The van der Waals surface area contributed by atoms with Gasteiger partial charge in [-0.2, -0.15) is 0 Å². The molecular weight excluding hydrogens is 423 g/mol. The maximum atomic E-state index is 14.9. The second-order valence-electron chi connectivity index (χ2n) is 7.72. The number of nitrogen functional groups attached to an aromatic ring is 1. The molecule has 2 aromatic heterocycles. The summed E-state index contributed by atoms with van der Waals surface area (Å²) in [7, 11) is 0. The third-order valence-electron chi connectivity index (χ3n) is 5.24. The third-order valence-corrected chi connectivity index (χ3v) is 5.24. The van der Waals surface area contributed by atoms with E-state index in [-0.39, 0.29) is 23.5 Å². The highest BCUT2D eigenvalue weighted by atomic mass is 19.1. The van der Waals surface area contributed by atoms with E-state index in [0.29, 0.717) is 47.6 Å². The average molecular weight is 446 g/mol. The number of aromatic nitrogens is 4. The van der Waals surface area contributed by atoms with Crippen LogP contribution in [0.1, 0.15) is 24.7 Å². The molecule has 1 aliphatic rings. The molecule has 8 nitrogen and oxygen atoms in total. The zero-order valence-corrected chi connectivity index (χ0v) is 18.4. The SMILES string of the molecule is C=C(C)C(=O)N1CC=C(c2ncnc(N)c2-c2ccc(Oc3nccc(C)n3)c(F)c2)CC1. The van der Waals surface area contributed by atoms with E-state index in [1.807, 2.05) is 6.08 Å². The van der Waals surface area contributed by atoms with Crippen LogP contribution in [0.4, 0.5) is 10.2 Å². The van der Waals surface area contributed by atoms with Gasteiger partial charge in [-0.25, -0.2) is 24.3 Å². The van der Waals surface area contributed by atoms with Crippen molar-refractivity contribution < 1.29 is 13.9 Å². The molecule has 3 heterocycles. The molecular formula is C24H23FN6O2. The molecule has 0 unspecified atom stereocenters. The largest absolute Gasteiger partial charge is 0.421 e. The lowest BCUT2D eigenvalue weighted by molar-refractivity contribution is -0.126. The summed E-state index contributed by atoms with van der Waals surface area (Å²) in [5, 5.41) is 0. The summed E-state index contributed by atoms with van der Waals surface area (Å²) in [6.45, 7) is 8.16. The molecule has 4 rings (SSSR count). The second-order valence-corrected chi connectivity index (χ2v) is 7.72. The summed E-state index contributed by atoms with van der Waals surface area (Å²) < 4.78 is 20.4. The molecule has 0 saturated carbocycles. The molecule has 1 aliphatic heterocycles. The van der Waals surface area contributed by atoms with Gasteiger partial charge in [-0.3, -0.25) is 4.79 Å². The Balaban J connectivity index is 1.64. The first-order chi connectivity index (χ1) is 15.8. The molecule has 0 spiro atoms. The predicted molar refractivity (Wildman–Crippen MR) is 123 cm³/mol. The Labute approximate surface area is 190 Å². The number of anilines is 1. The maximum absolute atomic E-state index is 14.9. The monoisotopic (exact) mass is 446 g/mol. The average Bonchev–Trinajstić information content (AvgIpc) is 2.80. The molecule has 1 amide bonds. The van der Waals surface area contributed by atoms with Gasteiger partial charge in [0.1, 0.15) is 12.1 Å². The molecule has 33 heavy (non-hydrogen) atoms. The van der Waals surface area contributed by atoms with Gasteiger partial charge in [-0.1, -0.05) is 18.7 Å². The van der Waals surface area contributed by atoms with Crippen molar-refractivity contribution in [3.05, 3.63) is 72.2 Å². The van der Waals surface area contributed by atoms with Crippen molar-refractivity contribution in [3.8, 4) is 22.9 Å². The lowest BCUT2D eigenvalue weighted by Gasteiger charge is -2.27. The Bertz CT molecular complexity index is 1270. The van der Waals surface area contributed by atoms with Gasteiger partial charge in [0.2, 0.25) is 5.91 Å². The number of hydrogen-bond acceptors (Lipinski definition) is 7. The number of nitrogens with zero attached hydrogens (tertiary/aromatic N) is 5. The zero-order chi connectivity index (χ0) is 23.5. The Morgan fingerprint density at radius 2 is 2.06 bits per heavy atom. The lowest BCUT2D eigenvalue weighted by Crippen LogP contribution is -2.35. The normalized spacial score (nSPS) is 13.4. The predicted octanol–water partition coefficient (Wildman–Crippen LogP) is 3.95. The van der Waals surface area contributed by atoms with Crippen molar-refractivity contribution >= 4 is 17.3 Å². The van der Waals surface area contributed by atoms with Crippen molar-refractivity contribution in [1.82, 2.24) is 24.8 Å². The van der Waals surface area contributed by atoms with Crippen LogP contribution in [0.5, 0.6) is 11.8 Å². The van der Waals surface area contributed by atoms with Gasteiger partial charge in [0.15, 0.2) is 11.6 Å². The zero-order valence-electron chi connectivity index (χ0n) is 18.4. The van der Waals surface area contributed by atoms with Crippen molar-refractivity contribution in [2.45, 2.75) is 20.3 Å². The Hall–Kier alpha value is -4.14. The molecule has 0 atom stereocenters. The van der Waals surface area contributed by atoms with Crippen LogP contribution >= 0.6 is 0 Å². The second kappa shape index (κ2) is 9.15. The van der Waals surface area contributed by atoms with Crippen LogP contribution in [0, 0.1) is 12.7 Å². The van der Waals surface area contributed by atoms with E-state index in [1.54, 1.807) is 37.1 Å². The number of nitrogens with two attached hydrogens (primary N) is 1. The van der Waals surface area contributed by atoms with Gasteiger partial charge in [0, 0.05) is 30.6 Å². The third kappa shape index (κ3) is 4.72. The van der Waals surface area contributed by atoms with E-state index in [0.717, 1.165) is 5.57 Å². The molecule has 0 radical (unpaired) electrons. The van der Waals surface area contributed by atoms with Gasteiger partial charge in [-0.05, 0) is 49.6 Å². The smallest absolute Gasteiger partial charge is 0.322 e. The minimum Gasteiger partial charge on any atom is -0.421 e. The number of hydrogen-bond donors (Lipinski definition) is 1. The van der Waals surface area contributed by atoms with E-state index in [4.69, 9.17) is 10.5 Å². The fourth-order valence-corrected chi connectivity index (χ4v) is 3.58. The molecule has 0 bridgehead atoms. The highest BCUT2D eigenvalue weighted by Gasteiger charge is 2.22. The first-order valence-electron chi connectivity index (χ1n) is 10.4. The summed E-state index contributed by atoms with van der Waals surface area (Å²) in [6.07, 6.45) is 5.43. The number of ether oxygens (including phenoxy) is 1. The van der Waals surface area contributed by atoms with Crippen LogP contribution in [0.15, 0.2) is 55.0 Å². The first-order valence-corrected chi connectivity index (χ1v) is 10.4. The topological polar surface area (TPSA) is 107 Å². The van der Waals surface area contributed by atoms with Gasteiger partial charge < -0.3 is 15.4 Å². The quantitative estimate of drug-likeness (QED) is 0.591. The maximum Gasteiger partial charge on any atom is 0.322 e. The number of halogens is 1. The van der Waals surface area contributed by atoms with Crippen molar-refractivity contribution in [1.29, 1.82) is 0 Å². The Kier molecular flexibility index (Phi) is 6.12. The van der Waals surface area contributed by atoms with Crippen LogP contribution in [0.3, 0.4) is 0 Å². The lowest BCUT2D eigenvalue weighted by atomic mass is 9.95. The highest BCUT2D eigenvalue weighted by molar-refractivity contribution is 5.93. The minimum absolute atomic E-state index is 0.00727. The van der Waals surface area contributed by atoms with Crippen LogP contribution in [-0.4, -0.2) is 43.8 Å². The van der Waals surface area contributed by atoms with Gasteiger partial charge in [0.25, 0.3) is 0 Å². The number of amides is 1. The number of rotatable bonds is 5. The van der Waals surface area contributed by atoms with E-state index >= 15 is 0 Å². The van der Waals surface area contributed by atoms with Crippen LogP contribution in [-0.2, 0) is 4.79 Å². The van der Waals surface area contributed by atoms with Crippen LogP contribution in [0.2, 0.25) is 0 Å². The summed E-state index contributed by atoms with van der Waals surface area (Å²) in [4.78, 5) is 30.5.